The summed E-state index contributed by atoms with van der Waals surface area (Å²) in [6.07, 6.45) is 0. The van der Waals surface area contributed by atoms with Crippen molar-refractivity contribution in [3.63, 3.8) is 0 Å². The lowest BCUT2D eigenvalue weighted by Crippen LogP contribution is -2.35. The molecule has 0 aliphatic heterocycles. The third-order valence-electron chi connectivity index (χ3n) is 4.76. The normalized spacial score (nSPS) is 10.8. The second kappa shape index (κ2) is 10.5. The molecule has 3 N–H and O–H groups in total. The summed E-state index contributed by atoms with van der Waals surface area (Å²) in [6.45, 7) is 6.04. The first-order valence-electron chi connectivity index (χ1n) is 9.50. The molecule has 2 aromatic carbocycles. The van der Waals surface area contributed by atoms with Gasteiger partial charge in [0.2, 0.25) is 0 Å². The second-order valence-corrected chi connectivity index (χ2v) is 7.09. The van der Waals surface area contributed by atoms with Gasteiger partial charge in [-0.25, -0.2) is 4.79 Å². The maximum atomic E-state index is 12.2. The van der Waals surface area contributed by atoms with Gasteiger partial charge in [-0.1, -0.05) is 36.4 Å². The molecule has 2 rings (SSSR count). The Balaban J connectivity index is 1.85. The number of carbonyl (C=O) groups excluding carboxylic acids is 2. The summed E-state index contributed by atoms with van der Waals surface area (Å²) in [5.74, 6) is -0.126. The minimum Gasteiger partial charge on any atom is -0.355 e. The summed E-state index contributed by atoms with van der Waals surface area (Å²) in [6, 6.07) is 15.6. The van der Waals surface area contributed by atoms with Gasteiger partial charge in [0.25, 0.3) is 5.91 Å². The molecule has 0 radical (unpaired) electrons. The van der Waals surface area contributed by atoms with Crippen LogP contribution in [-0.4, -0.2) is 37.0 Å². The molecular weight excluding hydrogens is 352 g/mol. The average molecular weight is 383 g/mol. The maximum absolute atomic E-state index is 12.2. The molecule has 28 heavy (non-hydrogen) atoms. The van der Waals surface area contributed by atoms with Crippen molar-refractivity contribution in [1.82, 2.24) is 20.9 Å². The number of benzene rings is 2. The van der Waals surface area contributed by atoms with E-state index in [1.807, 2.05) is 30.3 Å². The zero-order valence-electron chi connectivity index (χ0n) is 17.1. The number of nitrogens with one attached hydrogen (secondary N) is 3. The fourth-order valence-electron chi connectivity index (χ4n) is 2.67. The molecule has 0 atom stereocenters. The van der Waals surface area contributed by atoms with Crippen molar-refractivity contribution >= 4 is 11.9 Å². The molecule has 0 saturated heterocycles. The van der Waals surface area contributed by atoms with Crippen LogP contribution < -0.4 is 16.0 Å². The Labute approximate surface area is 167 Å². The van der Waals surface area contributed by atoms with Crippen LogP contribution in [0.25, 0.3) is 0 Å². The molecule has 6 heteroatoms. The average Bonchev–Trinajstić information content (AvgIpc) is 2.71. The lowest BCUT2D eigenvalue weighted by molar-refractivity contribution is 0.0963. The largest absolute Gasteiger partial charge is 0.355 e. The van der Waals surface area contributed by atoms with Gasteiger partial charge in [0.1, 0.15) is 0 Å². The number of carbonyl (C=O) groups is 2. The van der Waals surface area contributed by atoms with Gasteiger partial charge < -0.3 is 16.0 Å². The van der Waals surface area contributed by atoms with Crippen molar-refractivity contribution < 1.29 is 9.59 Å². The molecule has 150 valence electrons. The molecule has 3 amide bonds. The number of rotatable bonds is 8. The van der Waals surface area contributed by atoms with E-state index in [0.29, 0.717) is 24.7 Å². The van der Waals surface area contributed by atoms with Gasteiger partial charge in [-0.3, -0.25) is 9.69 Å². The first-order chi connectivity index (χ1) is 13.4. The Morgan fingerprint density at radius 2 is 1.54 bits per heavy atom. The van der Waals surface area contributed by atoms with Gasteiger partial charge in [0, 0.05) is 38.3 Å². The summed E-state index contributed by atoms with van der Waals surface area (Å²) in [7, 11) is 3.69. The zero-order chi connectivity index (χ0) is 20.5. The van der Waals surface area contributed by atoms with E-state index in [1.165, 1.54) is 5.56 Å². The van der Waals surface area contributed by atoms with Crippen LogP contribution in [-0.2, 0) is 19.6 Å². The molecule has 0 bridgehead atoms. The van der Waals surface area contributed by atoms with E-state index in [2.05, 4.69) is 47.8 Å². The molecular formula is C22H30N4O2. The molecule has 6 nitrogen and oxygen atoms in total. The van der Waals surface area contributed by atoms with Crippen molar-refractivity contribution in [3.05, 3.63) is 70.8 Å². The number of hydrogen-bond acceptors (Lipinski definition) is 3. The molecule has 0 aliphatic rings. The Hall–Kier alpha value is -2.86. The van der Waals surface area contributed by atoms with Crippen molar-refractivity contribution in [3.8, 4) is 0 Å². The smallest absolute Gasteiger partial charge is 0.315 e. The van der Waals surface area contributed by atoms with Gasteiger partial charge in [-0.2, -0.15) is 0 Å². The highest BCUT2D eigenvalue weighted by Crippen LogP contribution is 2.12. The van der Waals surface area contributed by atoms with Crippen LogP contribution in [0.1, 0.15) is 40.9 Å². The van der Waals surface area contributed by atoms with Gasteiger partial charge in [0.15, 0.2) is 0 Å². The fraction of sp³-hybridized carbons (Fsp3) is 0.364. The van der Waals surface area contributed by atoms with Crippen LogP contribution in [0.4, 0.5) is 4.79 Å². The summed E-state index contributed by atoms with van der Waals surface area (Å²) in [4.78, 5) is 26.0. The van der Waals surface area contributed by atoms with Crippen molar-refractivity contribution in [2.45, 2.75) is 39.5 Å². The van der Waals surface area contributed by atoms with Gasteiger partial charge >= 0.3 is 6.03 Å². The van der Waals surface area contributed by atoms with E-state index >= 15 is 0 Å². The Morgan fingerprint density at radius 3 is 2.14 bits per heavy atom. The molecule has 0 saturated carbocycles. The minimum atomic E-state index is -0.220. The van der Waals surface area contributed by atoms with Crippen LogP contribution in [0.2, 0.25) is 0 Å². The highest BCUT2D eigenvalue weighted by atomic mass is 16.2. The lowest BCUT2D eigenvalue weighted by atomic mass is 10.1. The highest BCUT2D eigenvalue weighted by molar-refractivity contribution is 5.93. The van der Waals surface area contributed by atoms with E-state index in [0.717, 1.165) is 17.7 Å². The van der Waals surface area contributed by atoms with E-state index in [1.54, 1.807) is 19.2 Å². The number of urea groups is 1. The topological polar surface area (TPSA) is 73.5 Å². The quantitative estimate of drug-likeness (QED) is 0.657. The van der Waals surface area contributed by atoms with Gasteiger partial charge in [-0.05, 0) is 49.7 Å². The minimum absolute atomic E-state index is 0.126. The molecule has 0 aromatic heterocycles. The lowest BCUT2D eigenvalue weighted by Gasteiger charge is -2.22. The molecule has 0 aliphatic carbocycles. The molecule has 0 unspecified atom stereocenters. The van der Waals surface area contributed by atoms with Crippen LogP contribution in [0, 0.1) is 0 Å². The van der Waals surface area contributed by atoms with E-state index in [4.69, 9.17) is 0 Å². The van der Waals surface area contributed by atoms with E-state index in [9.17, 15) is 9.59 Å². The highest BCUT2D eigenvalue weighted by Gasteiger charge is 2.09. The van der Waals surface area contributed by atoms with Crippen LogP contribution in [0.15, 0.2) is 48.5 Å². The van der Waals surface area contributed by atoms with Gasteiger partial charge in [-0.15, -0.1) is 0 Å². The van der Waals surface area contributed by atoms with Crippen LogP contribution >= 0.6 is 0 Å². The second-order valence-electron chi connectivity index (χ2n) is 7.09. The van der Waals surface area contributed by atoms with Crippen molar-refractivity contribution in [1.29, 1.82) is 0 Å². The SMILES string of the molecule is CNC(=O)c1ccc(CNC(=O)NCc2ccccc2CN(C)C(C)C)cc1. The van der Waals surface area contributed by atoms with Crippen molar-refractivity contribution in [2.75, 3.05) is 14.1 Å². The first-order valence-corrected chi connectivity index (χ1v) is 9.50. The van der Waals surface area contributed by atoms with E-state index < -0.39 is 0 Å². The summed E-state index contributed by atoms with van der Waals surface area (Å²) < 4.78 is 0. The van der Waals surface area contributed by atoms with Gasteiger partial charge in [0.05, 0.1) is 0 Å². The van der Waals surface area contributed by atoms with E-state index in [-0.39, 0.29) is 11.9 Å². The third-order valence-corrected chi connectivity index (χ3v) is 4.76. The maximum Gasteiger partial charge on any atom is 0.315 e. The Bertz CT molecular complexity index is 787. The first kappa shape index (κ1) is 21.4. The monoisotopic (exact) mass is 382 g/mol. The van der Waals surface area contributed by atoms with Crippen LogP contribution in [0.5, 0.6) is 0 Å². The summed E-state index contributed by atoms with van der Waals surface area (Å²) in [5.41, 5.74) is 3.85. The number of nitrogens with zero attached hydrogens (tertiary/aromatic N) is 1. The molecule has 0 heterocycles. The third kappa shape index (κ3) is 6.39. The standard InChI is InChI=1S/C22H30N4O2/c1-16(2)26(4)15-20-8-6-5-7-19(20)14-25-22(28)24-13-17-9-11-18(12-10-17)21(27)23-3/h5-12,16H,13-15H2,1-4H3,(H,23,27)(H2,24,25,28). The number of amides is 3. The Morgan fingerprint density at radius 1 is 0.929 bits per heavy atom. The predicted molar refractivity (Wildman–Crippen MR) is 112 cm³/mol. The Kier molecular flexibility index (Phi) is 8.02. The van der Waals surface area contributed by atoms with Crippen molar-refractivity contribution in [2.24, 2.45) is 0 Å². The predicted octanol–water partition coefficient (Wildman–Crippen LogP) is 2.89. The molecule has 0 fully saturated rings. The fourth-order valence-corrected chi connectivity index (χ4v) is 2.67. The zero-order valence-corrected chi connectivity index (χ0v) is 17.1. The molecule has 2 aromatic rings. The summed E-state index contributed by atoms with van der Waals surface area (Å²) in [5, 5.41) is 8.35. The molecule has 0 spiro atoms. The number of hydrogen-bond donors (Lipinski definition) is 3. The summed E-state index contributed by atoms with van der Waals surface area (Å²) >= 11 is 0. The van der Waals surface area contributed by atoms with Crippen LogP contribution in [0.3, 0.4) is 0 Å².